The van der Waals surface area contributed by atoms with Crippen molar-refractivity contribution in [3.63, 3.8) is 0 Å². The van der Waals surface area contributed by atoms with E-state index >= 15 is 0 Å². The van der Waals surface area contributed by atoms with Crippen LogP contribution in [0.2, 0.25) is 0 Å². The summed E-state index contributed by atoms with van der Waals surface area (Å²) in [5.41, 5.74) is 2.60. The topological polar surface area (TPSA) is 101 Å². The minimum atomic E-state index is -0.251. The third kappa shape index (κ3) is 5.77. The molecule has 8 nitrogen and oxygen atoms in total. The lowest BCUT2D eigenvalue weighted by Gasteiger charge is -2.23. The van der Waals surface area contributed by atoms with Gasteiger partial charge in [-0.3, -0.25) is 9.59 Å². The minimum absolute atomic E-state index is 0. The molecule has 2 heterocycles. The quantitative estimate of drug-likeness (QED) is 0.636. The molecule has 0 atom stereocenters. The lowest BCUT2D eigenvalue weighted by atomic mass is 10.1. The number of piperidine rings is 1. The zero-order chi connectivity index (χ0) is 19.9. The monoisotopic (exact) mass is 420 g/mol. The number of halogens is 1. The van der Waals surface area contributed by atoms with E-state index in [1.54, 1.807) is 12.1 Å². The first-order valence-corrected chi connectivity index (χ1v) is 9.88. The molecule has 0 aliphatic carbocycles. The van der Waals surface area contributed by atoms with Crippen LogP contribution in [0.4, 0.5) is 0 Å². The van der Waals surface area contributed by atoms with Crippen LogP contribution in [0, 0.1) is 6.92 Å². The molecule has 0 saturated carbocycles. The summed E-state index contributed by atoms with van der Waals surface area (Å²) in [4.78, 5) is 24.7. The summed E-state index contributed by atoms with van der Waals surface area (Å²) >= 11 is 0. The fourth-order valence-electron chi connectivity index (χ4n) is 3.38. The summed E-state index contributed by atoms with van der Waals surface area (Å²) < 4.78 is 1.87. The van der Waals surface area contributed by atoms with Gasteiger partial charge in [0.25, 0.3) is 11.8 Å². The third-order valence-electron chi connectivity index (χ3n) is 4.97. The summed E-state index contributed by atoms with van der Waals surface area (Å²) in [7, 11) is 0. The van der Waals surface area contributed by atoms with E-state index in [1.165, 1.54) is 0 Å². The predicted molar refractivity (Wildman–Crippen MR) is 113 cm³/mol. The average Bonchev–Trinajstić information content (AvgIpc) is 3.12. The standard InChI is InChI=1S/C20H28N6O2.ClH/c1-3-9-22-19(27)16-6-4-5-15(12-16)13-23-20(28)18-14(2)26(25-24-18)17-7-10-21-11-8-17;/h4-6,12,17,21H,3,7-11,13H2,1-2H3,(H,22,27)(H,23,28);1H. The molecule has 0 spiro atoms. The van der Waals surface area contributed by atoms with Gasteiger partial charge in [-0.2, -0.15) is 0 Å². The van der Waals surface area contributed by atoms with Gasteiger partial charge in [0, 0.05) is 18.7 Å². The van der Waals surface area contributed by atoms with Crippen LogP contribution in [-0.4, -0.2) is 46.4 Å². The number of hydrogen-bond acceptors (Lipinski definition) is 5. The number of aromatic nitrogens is 3. The molecule has 0 radical (unpaired) electrons. The first-order valence-electron chi connectivity index (χ1n) is 9.88. The largest absolute Gasteiger partial charge is 0.352 e. The first kappa shape index (κ1) is 22.8. The molecule has 1 fully saturated rings. The maximum atomic E-state index is 12.6. The van der Waals surface area contributed by atoms with Gasteiger partial charge in [0.1, 0.15) is 0 Å². The SMILES string of the molecule is CCCNC(=O)c1cccc(CNC(=O)c2nnn(C3CCNCC3)c2C)c1.Cl. The van der Waals surface area contributed by atoms with E-state index in [1.807, 2.05) is 30.7 Å². The molecule has 1 saturated heterocycles. The molecule has 0 unspecified atom stereocenters. The summed E-state index contributed by atoms with van der Waals surface area (Å²) in [5.74, 6) is -0.352. The highest BCUT2D eigenvalue weighted by atomic mass is 35.5. The Kier molecular flexibility index (Phi) is 8.60. The molecule has 9 heteroatoms. The number of benzene rings is 1. The highest BCUT2D eigenvalue weighted by molar-refractivity contribution is 5.94. The molecule has 2 aromatic rings. The van der Waals surface area contributed by atoms with E-state index in [0.717, 1.165) is 43.6 Å². The normalized spacial score (nSPS) is 14.1. The van der Waals surface area contributed by atoms with Gasteiger partial charge in [0.05, 0.1) is 11.7 Å². The van der Waals surface area contributed by atoms with Crippen molar-refractivity contribution in [3.05, 3.63) is 46.8 Å². The van der Waals surface area contributed by atoms with E-state index in [9.17, 15) is 9.59 Å². The fraction of sp³-hybridized carbons (Fsp3) is 0.500. The lowest BCUT2D eigenvalue weighted by molar-refractivity contribution is 0.0942. The molecular formula is C20H29ClN6O2. The van der Waals surface area contributed by atoms with Crippen LogP contribution in [0.15, 0.2) is 24.3 Å². The Bertz CT molecular complexity index is 832. The summed E-state index contributed by atoms with van der Waals surface area (Å²) in [6.07, 6.45) is 2.86. The van der Waals surface area contributed by atoms with Gasteiger partial charge in [-0.15, -0.1) is 17.5 Å². The van der Waals surface area contributed by atoms with Gasteiger partial charge in [-0.25, -0.2) is 4.68 Å². The van der Waals surface area contributed by atoms with Crippen LogP contribution in [-0.2, 0) is 6.54 Å². The highest BCUT2D eigenvalue weighted by Gasteiger charge is 2.22. The second kappa shape index (κ2) is 10.9. The molecule has 2 amide bonds. The zero-order valence-corrected chi connectivity index (χ0v) is 17.7. The number of carbonyl (C=O) groups excluding carboxylic acids is 2. The van der Waals surface area contributed by atoms with Crippen LogP contribution in [0.25, 0.3) is 0 Å². The van der Waals surface area contributed by atoms with E-state index in [2.05, 4.69) is 26.3 Å². The van der Waals surface area contributed by atoms with Crippen LogP contribution < -0.4 is 16.0 Å². The number of nitrogens with one attached hydrogen (secondary N) is 3. The number of carbonyl (C=O) groups is 2. The Morgan fingerprint density at radius 1 is 1.21 bits per heavy atom. The Morgan fingerprint density at radius 3 is 2.69 bits per heavy atom. The van der Waals surface area contributed by atoms with Gasteiger partial charge in [0.2, 0.25) is 0 Å². The van der Waals surface area contributed by atoms with Crippen molar-refractivity contribution in [1.82, 2.24) is 30.9 Å². The van der Waals surface area contributed by atoms with Crippen LogP contribution in [0.5, 0.6) is 0 Å². The molecule has 29 heavy (non-hydrogen) atoms. The van der Waals surface area contributed by atoms with Crippen molar-refractivity contribution in [2.75, 3.05) is 19.6 Å². The van der Waals surface area contributed by atoms with Gasteiger partial charge in [-0.05, 0) is 57.0 Å². The first-order chi connectivity index (χ1) is 13.6. The van der Waals surface area contributed by atoms with Crippen molar-refractivity contribution < 1.29 is 9.59 Å². The average molecular weight is 421 g/mol. The Balaban J connectivity index is 0.00000300. The van der Waals surface area contributed by atoms with Gasteiger partial charge in [0.15, 0.2) is 5.69 Å². The molecule has 0 bridgehead atoms. The number of rotatable bonds is 7. The molecule has 158 valence electrons. The van der Waals surface area contributed by atoms with Crippen LogP contribution >= 0.6 is 12.4 Å². The molecule has 3 N–H and O–H groups in total. The molecule has 1 aliphatic heterocycles. The van der Waals surface area contributed by atoms with Crippen molar-refractivity contribution in [2.24, 2.45) is 0 Å². The Morgan fingerprint density at radius 2 is 1.97 bits per heavy atom. The van der Waals surface area contributed by atoms with E-state index in [-0.39, 0.29) is 30.3 Å². The number of hydrogen-bond donors (Lipinski definition) is 3. The highest BCUT2D eigenvalue weighted by Crippen LogP contribution is 2.20. The maximum absolute atomic E-state index is 12.6. The Hall–Kier alpha value is -2.45. The summed E-state index contributed by atoms with van der Waals surface area (Å²) in [6.45, 7) is 6.77. The zero-order valence-electron chi connectivity index (χ0n) is 16.9. The summed E-state index contributed by atoms with van der Waals surface area (Å²) in [6, 6.07) is 7.56. The molecule has 1 aromatic carbocycles. The fourth-order valence-corrected chi connectivity index (χ4v) is 3.38. The van der Waals surface area contributed by atoms with Gasteiger partial charge >= 0.3 is 0 Å². The molecule has 3 rings (SSSR count). The van der Waals surface area contributed by atoms with Crippen LogP contribution in [0.3, 0.4) is 0 Å². The van der Waals surface area contributed by atoms with Gasteiger partial charge < -0.3 is 16.0 Å². The minimum Gasteiger partial charge on any atom is -0.352 e. The lowest BCUT2D eigenvalue weighted by Crippen LogP contribution is -2.30. The van der Waals surface area contributed by atoms with Crippen molar-refractivity contribution in [2.45, 2.75) is 45.7 Å². The van der Waals surface area contributed by atoms with Crippen molar-refractivity contribution in [3.8, 4) is 0 Å². The maximum Gasteiger partial charge on any atom is 0.274 e. The number of amides is 2. The Labute approximate surface area is 177 Å². The second-order valence-electron chi connectivity index (χ2n) is 7.09. The number of nitrogens with zero attached hydrogens (tertiary/aromatic N) is 3. The van der Waals surface area contributed by atoms with Crippen molar-refractivity contribution >= 4 is 24.2 Å². The van der Waals surface area contributed by atoms with E-state index in [0.29, 0.717) is 24.3 Å². The molecule has 1 aromatic heterocycles. The van der Waals surface area contributed by atoms with Crippen LogP contribution in [0.1, 0.15) is 64.3 Å². The summed E-state index contributed by atoms with van der Waals surface area (Å²) in [5, 5.41) is 17.4. The molecule has 1 aliphatic rings. The molecular weight excluding hydrogens is 392 g/mol. The van der Waals surface area contributed by atoms with Crippen molar-refractivity contribution in [1.29, 1.82) is 0 Å². The van der Waals surface area contributed by atoms with E-state index < -0.39 is 0 Å². The predicted octanol–water partition coefficient (Wildman–Crippen LogP) is 2.00. The van der Waals surface area contributed by atoms with Gasteiger partial charge in [-0.1, -0.05) is 24.3 Å². The smallest absolute Gasteiger partial charge is 0.274 e. The third-order valence-corrected chi connectivity index (χ3v) is 4.97. The van der Waals surface area contributed by atoms with E-state index in [4.69, 9.17) is 0 Å². The second-order valence-corrected chi connectivity index (χ2v) is 7.09.